The monoisotopic (exact) mass is 232 g/mol. The summed E-state index contributed by atoms with van der Waals surface area (Å²) < 4.78 is 12.6. The largest absolute Gasteiger partial charge is 0.497 e. The molecule has 0 radical (unpaired) electrons. The Labute approximate surface area is 101 Å². The summed E-state index contributed by atoms with van der Waals surface area (Å²) in [5, 5.41) is 4.15. The number of hydrogen-bond acceptors (Lipinski definition) is 3. The minimum atomic E-state index is 0.541. The third-order valence-electron chi connectivity index (χ3n) is 2.50. The highest BCUT2D eigenvalue weighted by atomic mass is 16.5. The van der Waals surface area contributed by atoms with E-state index in [1.807, 2.05) is 42.1 Å². The Hall–Kier alpha value is -1.97. The van der Waals surface area contributed by atoms with Crippen LogP contribution in [-0.2, 0) is 13.2 Å². The van der Waals surface area contributed by atoms with Crippen molar-refractivity contribution in [3.05, 3.63) is 42.2 Å². The summed E-state index contributed by atoms with van der Waals surface area (Å²) in [6.45, 7) is 3.44. The third-order valence-corrected chi connectivity index (χ3v) is 2.50. The molecular weight excluding hydrogens is 216 g/mol. The second-order valence-corrected chi connectivity index (χ2v) is 3.67. The summed E-state index contributed by atoms with van der Waals surface area (Å²) >= 11 is 0. The van der Waals surface area contributed by atoms with Gasteiger partial charge in [-0.05, 0) is 24.6 Å². The summed E-state index contributed by atoms with van der Waals surface area (Å²) in [5.41, 5.74) is 1.11. The average molecular weight is 232 g/mol. The Morgan fingerprint density at radius 1 is 1.18 bits per heavy atom. The van der Waals surface area contributed by atoms with Crippen LogP contribution in [0.5, 0.6) is 11.5 Å². The van der Waals surface area contributed by atoms with Crippen molar-refractivity contribution in [3.8, 4) is 11.5 Å². The molecule has 1 aromatic heterocycles. The minimum Gasteiger partial charge on any atom is -0.497 e. The molecule has 0 bridgehead atoms. The summed E-state index contributed by atoms with van der Waals surface area (Å²) in [5.74, 6) is 1.65. The van der Waals surface area contributed by atoms with E-state index in [4.69, 9.17) is 9.47 Å². The van der Waals surface area contributed by atoms with Crippen molar-refractivity contribution in [2.24, 2.45) is 0 Å². The highest BCUT2D eigenvalue weighted by Gasteiger charge is 1.99. The van der Waals surface area contributed by atoms with Crippen molar-refractivity contribution >= 4 is 0 Å². The molecule has 0 aliphatic heterocycles. The van der Waals surface area contributed by atoms with Gasteiger partial charge in [0.05, 0.1) is 19.5 Å². The number of aromatic nitrogens is 2. The lowest BCUT2D eigenvalue weighted by molar-refractivity contribution is 0.305. The van der Waals surface area contributed by atoms with Crippen molar-refractivity contribution in [1.82, 2.24) is 9.78 Å². The molecule has 90 valence electrons. The molecule has 0 atom stereocenters. The van der Waals surface area contributed by atoms with Crippen molar-refractivity contribution < 1.29 is 9.47 Å². The lowest BCUT2D eigenvalue weighted by atomic mass is 10.2. The highest BCUT2D eigenvalue weighted by Crippen LogP contribution is 2.14. The van der Waals surface area contributed by atoms with Gasteiger partial charge in [-0.3, -0.25) is 4.68 Å². The van der Waals surface area contributed by atoms with E-state index in [1.54, 1.807) is 13.3 Å². The predicted molar refractivity (Wildman–Crippen MR) is 65.2 cm³/mol. The first-order valence-corrected chi connectivity index (χ1v) is 5.60. The molecule has 2 rings (SSSR count). The number of benzene rings is 1. The first-order valence-electron chi connectivity index (χ1n) is 5.60. The fourth-order valence-corrected chi connectivity index (χ4v) is 1.48. The number of methoxy groups -OCH3 is 1. The molecule has 4 nitrogen and oxygen atoms in total. The van der Waals surface area contributed by atoms with E-state index in [-0.39, 0.29) is 0 Å². The Morgan fingerprint density at radius 3 is 2.53 bits per heavy atom. The molecule has 0 aliphatic rings. The molecule has 0 saturated carbocycles. The quantitative estimate of drug-likeness (QED) is 0.794. The van der Waals surface area contributed by atoms with Gasteiger partial charge in [-0.2, -0.15) is 5.10 Å². The summed E-state index contributed by atoms with van der Waals surface area (Å²) in [6, 6.07) is 7.83. The van der Waals surface area contributed by atoms with Gasteiger partial charge in [0.15, 0.2) is 5.75 Å². The smallest absolute Gasteiger partial charge is 0.157 e. The number of rotatable bonds is 5. The zero-order valence-corrected chi connectivity index (χ0v) is 10.1. The first kappa shape index (κ1) is 11.5. The van der Waals surface area contributed by atoms with Gasteiger partial charge < -0.3 is 9.47 Å². The van der Waals surface area contributed by atoms with Crippen LogP contribution in [0.25, 0.3) is 0 Å². The average Bonchev–Trinajstić information content (AvgIpc) is 2.85. The van der Waals surface area contributed by atoms with Crippen LogP contribution in [0, 0.1) is 0 Å². The zero-order chi connectivity index (χ0) is 12.1. The van der Waals surface area contributed by atoms with Gasteiger partial charge in [-0.25, -0.2) is 0 Å². The molecule has 0 fully saturated rings. The SMILES string of the molecule is CCn1cc(OCc2ccc(OC)cc2)cn1. The van der Waals surface area contributed by atoms with E-state index in [1.165, 1.54) is 0 Å². The molecule has 4 heteroatoms. The molecule has 1 aromatic carbocycles. The van der Waals surface area contributed by atoms with Gasteiger partial charge in [0.2, 0.25) is 0 Å². The molecule has 1 heterocycles. The van der Waals surface area contributed by atoms with Crippen molar-refractivity contribution in [2.45, 2.75) is 20.1 Å². The van der Waals surface area contributed by atoms with Crippen molar-refractivity contribution in [2.75, 3.05) is 7.11 Å². The van der Waals surface area contributed by atoms with Gasteiger partial charge in [-0.15, -0.1) is 0 Å². The molecule has 0 unspecified atom stereocenters. The maximum absolute atomic E-state index is 5.62. The van der Waals surface area contributed by atoms with Gasteiger partial charge in [0, 0.05) is 6.54 Å². The Bertz CT molecular complexity index is 463. The lowest BCUT2D eigenvalue weighted by Crippen LogP contribution is -1.95. The fraction of sp³-hybridized carbons (Fsp3) is 0.308. The van der Waals surface area contributed by atoms with Crippen LogP contribution in [0.2, 0.25) is 0 Å². The van der Waals surface area contributed by atoms with Crippen LogP contribution in [0.3, 0.4) is 0 Å². The Morgan fingerprint density at radius 2 is 1.94 bits per heavy atom. The molecule has 2 aromatic rings. The lowest BCUT2D eigenvalue weighted by Gasteiger charge is -2.04. The van der Waals surface area contributed by atoms with E-state index in [0.29, 0.717) is 6.61 Å². The highest BCUT2D eigenvalue weighted by molar-refractivity contribution is 5.27. The van der Waals surface area contributed by atoms with E-state index in [0.717, 1.165) is 23.6 Å². The van der Waals surface area contributed by atoms with Crippen LogP contribution in [0.15, 0.2) is 36.7 Å². The van der Waals surface area contributed by atoms with E-state index in [2.05, 4.69) is 5.10 Å². The topological polar surface area (TPSA) is 36.3 Å². The second kappa shape index (κ2) is 5.39. The van der Waals surface area contributed by atoms with Gasteiger partial charge in [0.25, 0.3) is 0 Å². The fourth-order valence-electron chi connectivity index (χ4n) is 1.48. The van der Waals surface area contributed by atoms with Crippen molar-refractivity contribution in [1.29, 1.82) is 0 Å². The maximum atomic E-state index is 5.62. The molecular formula is C13H16N2O2. The van der Waals surface area contributed by atoms with Gasteiger partial charge in [-0.1, -0.05) is 12.1 Å². The zero-order valence-electron chi connectivity index (χ0n) is 10.1. The van der Waals surface area contributed by atoms with Crippen LogP contribution in [-0.4, -0.2) is 16.9 Å². The Balaban J connectivity index is 1.92. The molecule has 0 N–H and O–H groups in total. The first-order chi connectivity index (χ1) is 8.31. The minimum absolute atomic E-state index is 0.541. The molecule has 0 amide bonds. The molecule has 0 saturated heterocycles. The maximum Gasteiger partial charge on any atom is 0.157 e. The van der Waals surface area contributed by atoms with Crippen molar-refractivity contribution in [3.63, 3.8) is 0 Å². The summed E-state index contributed by atoms with van der Waals surface area (Å²) in [4.78, 5) is 0. The standard InChI is InChI=1S/C13H16N2O2/c1-3-15-9-13(8-14-15)17-10-11-4-6-12(16-2)7-5-11/h4-9H,3,10H2,1-2H3. The molecule has 17 heavy (non-hydrogen) atoms. The van der Waals surface area contributed by atoms with Crippen LogP contribution >= 0.6 is 0 Å². The van der Waals surface area contributed by atoms with E-state index >= 15 is 0 Å². The van der Waals surface area contributed by atoms with Gasteiger partial charge >= 0.3 is 0 Å². The van der Waals surface area contributed by atoms with E-state index in [9.17, 15) is 0 Å². The van der Waals surface area contributed by atoms with Crippen LogP contribution in [0.4, 0.5) is 0 Å². The van der Waals surface area contributed by atoms with Gasteiger partial charge in [0.1, 0.15) is 12.4 Å². The number of ether oxygens (including phenoxy) is 2. The molecule has 0 aliphatic carbocycles. The molecule has 0 spiro atoms. The van der Waals surface area contributed by atoms with Crippen LogP contribution in [0.1, 0.15) is 12.5 Å². The summed E-state index contributed by atoms with van der Waals surface area (Å²) in [6.07, 6.45) is 3.62. The third kappa shape index (κ3) is 3.00. The number of aryl methyl sites for hydroxylation is 1. The second-order valence-electron chi connectivity index (χ2n) is 3.67. The number of hydrogen-bond donors (Lipinski definition) is 0. The van der Waals surface area contributed by atoms with E-state index < -0.39 is 0 Å². The Kier molecular flexibility index (Phi) is 3.65. The predicted octanol–water partition coefficient (Wildman–Crippen LogP) is 2.49. The summed E-state index contributed by atoms with van der Waals surface area (Å²) in [7, 11) is 1.66. The number of nitrogens with zero attached hydrogens (tertiary/aromatic N) is 2. The normalized spacial score (nSPS) is 10.2. The van der Waals surface area contributed by atoms with Crippen LogP contribution < -0.4 is 9.47 Å².